The maximum atomic E-state index is 12.5. The number of aryl methyl sites for hydroxylation is 1. The number of hydrazone groups is 1. The van der Waals surface area contributed by atoms with E-state index in [-0.39, 0.29) is 19.3 Å². The summed E-state index contributed by atoms with van der Waals surface area (Å²) < 4.78 is 16.0. The third-order valence-corrected chi connectivity index (χ3v) is 5.95. The molecule has 33 heavy (non-hydrogen) atoms. The highest BCUT2D eigenvalue weighted by Crippen LogP contribution is 2.35. The molecule has 2 N–H and O–H groups in total. The Morgan fingerprint density at radius 3 is 2.76 bits per heavy atom. The van der Waals surface area contributed by atoms with Crippen LogP contribution in [0.25, 0.3) is 0 Å². The molecule has 0 aliphatic carbocycles. The number of thiophene rings is 1. The summed E-state index contributed by atoms with van der Waals surface area (Å²) in [6.45, 7) is 3.80. The van der Waals surface area contributed by atoms with Gasteiger partial charge in [0, 0.05) is 22.0 Å². The van der Waals surface area contributed by atoms with Crippen molar-refractivity contribution in [1.29, 1.82) is 0 Å². The van der Waals surface area contributed by atoms with E-state index in [9.17, 15) is 9.59 Å². The molecule has 0 saturated heterocycles. The van der Waals surface area contributed by atoms with Crippen LogP contribution in [-0.2, 0) is 11.2 Å². The zero-order chi connectivity index (χ0) is 23.2. The van der Waals surface area contributed by atoms with Gasteiger partial charge in [0.2, 0.25) is 6.79 Å². The summed E-state index contributed by atoms with van der Waals surface area (Å²) in [5.74, 6) is 1.16. The monoisotopic (exact) mass is 465 g/mol. The molecule has 0 fully saturated rings. The SMILES string of the molecule is CCc1cc(C(=O)Nc2cccc(C(C)=NNC(=O)COc3ccc4c(c3)OCO4)c2)cs1. The molecule has 3 aromatic rings. The van der Waals surface area contributed by atoms with Gasteiger partial charge in [0.05, 0.1) is 11.3 Å². The van der Waals surface area contributed by atoms with Crippen LogP contribution in [-0.4, -0.2) is 30.9 Å². The number of nitrogens with one attached hydrogen (secondary N) is 2. The van der Waals surface area contributed by atoms with E-state index in [4.69, 9.17) is 14.2 Å². The molecule has 9 heteroatoms. The van der Waals surface area contributed by atoms with Gasteiger partial charge in [-0.05, 0) is 49.2 Å². The number of benzene rings is 2. The normalized spacial score (nSPS) is 12.4. The van der Waals surface area contributed by atoms with Crippen molar-refractivity contribution in [2.75, 3.05) is 18.7 Å². The summed E-state index contributed by atoms with van der Waals surface area (Å²) in [7, 11) is 0. The van der Waals surface area contributed by atoms with Crippen molar-refractivity contribution < 1.29 is 23.8 Å². The van der Waals surface area contributed by atoms with Gasteiger partial charge in [-0.25, -0.2) is 5.43 Å². The maximum absolute atomic E-state index is 12.5. The summed E-state index contributed by atoms with van der Waals surface area (Å²) in [5.41, 5.74) is 5.13. The summed E-state index contributed by atoms with van der Waals surface area (Å²) in [6, 6.07) is 14.3. The predicted molar refractivity (Wildman–Crippen MR) is 127 cm³/mol. The lowest BCUT2D eigenvalue weighted by Gasteiger charge is -2.08. The first-order valence-electron chi connectivity index (χ1n) is 10.4. The van der Waals surface area contributed by atoms with Crippen molar-refractivity contribution in [2.45, 2.75) is 20.3 Å². The zero-order valence-corrected chi connectivity index (χ0v) is 19.0. The predicted octanol–water partition coefficient (Wildman–Crippen LogP) is 4.21. The van der Waals surface area contributed by atoms with Crippen molar-refractivity contribution in [3.05, 3.63) is 69.9 Å². The van der Waals surface area contributed by atoms with Crippen LogP contribution in [0.4, 0.5) is 5.69 Å². The Bertz CT molecular complexity index is 1200. The Morgan fingerprint density at radius 2 is 1.94 bits per heavy atom. The lowest BCUT2D eigenvalue weighted by molar-refractivity contribution is -0.123. The summed E-state index contributed by atoms with van der Waals surface area (Å²) in [6.07, 6.45) is 0.899. The van der Waals surface area contributed by atoms with E-state index in [1.165, 1.54) is 0 Å². The number of carbonyl (C=O) groups is 2. The average Bonchev–Trinajstić information content (AvgIpc) is 3.50. The number of carbonyl (C=O) groups excluding carboxylic acids is 2. The minimum Gasteiger partial charge on any atom is -0.484 e. The van der Waals surface area contributed by atoms with E-state index in [0.29, 0.717) is 34.2 Å². The second-order valence-electron chi connectivity index (χ2n) is 7.23. The highest BCUT2D eigenvalue weighted by atomic mass is 32.1. The number of anilines is 1. The molecule has 1 aliphatic heterocycles. The van der Waals surface area contributed by atoms with Crippen LogP contribution in [0.15, 0.2) is 59.0 Å². The van der Waals surface area contributed by atoms with E-state index in [0.717, 1.165) is 16.9 Å². The number of amides is 2. The van der Waals surface area contributed by atoms with Crippen LogP contribution in [0.1, 0.15) is 34.6 Å². The second-order valence-corrected chi connectivity index (χ2v) is 8.22. The van der Waals surface area contributed by atoms with E-state index >= 15 is 0 Å². The van der Waals surface area contributed by atoms with Crippen molar-refractivity contribution in [3.63, 3.8) is 0 Å². The van der Waals surface area contributed by atoms with Gasteiger partial charge in [-0.1, -0.05) is 19.1 Å². The summed E-state index contributed by atoms with van der Waals surface area (Å²) in [5, 5.41) is 8.89. The Morgan fingerprint density at radius 1 is 1.09 bits per heavy atom. The Kier molecular flexibility index (Phi) is 6.89. The van der Waals surface area contributed by atoms with E-state index in [2.05, 4.69) is 22.8 Å². The second kappa shape index (κ2) is 10.2. The van der Waals surface area contributed by atoms with Crippen molar-refractivity contribution in [1.82, 2.24) is 5.43 Å². The first-order chi connectivity index (χ1) is 16.0. The lowest BCUT2D eigenvalue weighted by Crippen LogP contribution is -2.25. The molecule has 0 saturated carbocycles. The zero-order valence-electron chi connectivity index (χ0n) is 18.2. The molecule has 1 aromatic heterocycles. The molecule has 0 bridgehead atoms. The Balaban J connectivity index is 1.31. The quantitative estimate of drug-likeness (QED) is 0.384. The first-order valence-corrected chi connectivity index (χ1v) is 11.2. The molecule has 0 atom stereocenters. The molecule has 2 aromatic carbocycles. The smallest absolute Gasteiger partial charge is 0.277 e. The third-order valence-electron chi connectivity index (χ3n) is 4.86. The van der Waals surface area contributed by atoms with Gasteiger partial charge >= 0.3 is 0 Å². The van der Waals surface area contributed by atoms with Gasteiger partial charge in [0.1, 0.15) is 5.75 Å². The Hall–Kier alpha value is -3.85. The minimum atomic E-state index is -0.402. The standard InChI is InChI=1S/C24H23N3O5S/c1-3-20-10-17(13-33-20)24(29)25-18-6-4-5-16(9-18)15(2)26-27-23(28)12-30-19-7-8-21-22(11-19)32-14-31-21/h4-11,13H,3,12,14H2,1-2H3,(H,25,29)(H,27,28). The molecular formula is C24H23N3O5S. The number of fused-ring (bicyclic) bond motifs is 1. The van der Waals surface area contributed by atoms with E-state index in [1.54, 1.807) is 48.6 Å². The largest absolute Gasteiger partial charge is 0.484 e. The van der Waals surface area contributed by atoms with E-state index < -0.39 is 5.91 Å². The first kappa shape index (κ1) is 22.3. The molecule has 2 heterocycles. The van der Waals surface area contributed by atoms with Crippen LogP contribution in [0, 0.1) is 0 Å². The molecule has 170 valence electrons. The average molecular weight is 466 g/mol. The molecule has 0 radical (unpaired) electrons. The number of nitrogens with zero attached hydrogens (tertiary/aromatic N) is 1. The van der Waals surface area contributed by atoms with Gasteiger partial charge < -0.3 is 19.5 Å². The van der Waals surface area contributed by atoms with Crippen LogP contribution in [0.2, 0.25) is 0 Å². The lowest BCUT2D eigenvalue weighted by atomic mass is 10.1. The molecule has 1 aliphatic rings. The third kappa shape index (κ3) is 5.69. The highest BCUT2D eigenvalue weighted by molar-refractivity contribution is 7.10. The number of hydrogen-bond acceptors (Lipinski definition) is 7. The molecule has 0 unspecified atom stereocenters. The van der Waals surface area contributed by atoms with Crippen LogP contribution in [0.5, 0.6) is 17.2 Å². The molecule has 0 spiro atoms. The topological polar surface area (TPSA) is 98.3 Å². The van der Waals surface area contributed by atoms with Gasteiger partial charge in [0.15, 0.2) is 18.1 Å². The number of rotatable bonds is 8. The van der Waals surface area contributed by atoms with Crippen molar-refractivity contribution in [3.8, 4) is 17.2 Å². The summed E-state index contributed by atoms with van der Waals surface area (Å²) in [4.78, 5) is 25.8. The maximum Gasteiger partial charge on any atom is 0.277 e. The van der Waals surface area contributed by atoms with Gasteiger partial charge in [-0.2, -0.15) is 5.10 Å². The van der Waals surface area contributed by atoms with Gasteiger partial charge in [-0.15, -0.1) is 11.3 Å². The van der Waals surface area contributed by atoms with Gasteiger partial charge in [0.25, 0.3) is 11.8 Å². The van der Waals surface area contributed by atoms with Crippen molar-refractivity contribution in [2.24, 2.45) is 5.10 Å². The Labute approximate surface area is 195 Å². The fourth-order valence-corrected chi connectivity index (χ4v) is 3.88. The molecule has 2 amide bonds. The summed E-state index contributed by atoms with van der Waals surface area (Å²) >= 11 is 1.57. The number of ether oxygens (including phenoxy) is 3. The fraction of sp³-hybridized carbons (Fsp3) is 0.208. The highest BCUT2D eigenvalue weighted by Gasteiger charge is 2.14. The van der Waals surface area contributed by atoms with Crippen molar-refractivity contribution >= 4 is 34.6 Å². The molecule has 4 rings (SSSR count). The number of hydrogen-bond donors (Lipinski definition) is 2. The van der Waals surface area contributed by atoms with Crippen LogP contribution in [0.3, 0.4) is 0 Å². The van der Waals surface area contributed by atoms with E-state index in [1.807, 2.05) is 23.6 Å². The molecule has 8 nitrogen and oxygen atoms in total. The fourth-order valence-electron chi connectivity index (χ4n) is 3.07. The van der Waals surface area contributed by atoms with Crippen LogP contribution < -0.4 is 25.0 Å². The minimum absolute atomic E-state index is 0.160. The van der Waals surface area contributed by atoms with Gasteiger partial charge in [-0.3, -0.25) is 9.59 Å². The van der Waals surface area contributed by atoms with Crippen LogP contribution >= 0.6 is 11.3 Å². The molecular weight excluding hydrogens is 442 g/mol.